The number of ether oxygens (including phenoxy) is 2. The zero-order valence-corrected chi connectivity index (χ0v) is 24.8. The van der Waals surface area contributed by atoms with Crippen molar-refractivity contribution in [1.29, 1.82) is 0 Å². The van der Waals surface area contributed by atoms with Crippen molar-refractivity contribution in [1.82, 2.24) is 19.5 Å². The van der Waals surface area contributed by atoms with Crippen LogP contribution in [0.15, 0.2) is 83.3 Å². The molecule has 3 aromatic carbocycles. The Morgan fingerprint density at radius 1 is 0.975 bits per heavy atom. The first-order valence-electron chi connectivity index (χ1n) is 13.6. The van der Waals surface area contributed by atoms with Crippen LogP contribution in [0.3, 0.4) is 0 Å². The lowest BCUT2D eigenvalue weighted by Gasteiger charge is -2.12. The number of nitrogens with zero attached hydrogens (tertiary/aromatic N) is 3. The normalized spacial score (nSPS) is 12.8. The summed E-state index contributed by atoms with van der Waals surface area (Å²) < 4.78 is 16.9. The Balaban J connectivity index is 1.37. The Morgan fingerprint density at radius 3 is 2.50 bits per heavy atom. The maximum atomic E-state index is 6.14. The highest BCUT2D eigenvalue weighted by atomic mass is 79.9. The van der Waals surface area contributed by atoms with Gasteiger partial charge in [0.2, 0.25) is 0 Å². The molecule has 0 atom stereocenters. The zero-order chi connectivity index (χ0) is 27.5. The fraction of sp³-hybridized carbons (Fsp3) is 0.250. The molecular weight excluding hydrogens is 584 g/mol. The lowest BCUT2D eigenvalue weighted by atomic mass is 9.98. The lowest BCUT2D eigenvalue weighted by molar-refractivity contribution is 0.288. The third-order valence-electron chi connectivity index (χ3n) is 7.38. The lowest BCUT2D eigenvalue weighted by Crippen LogP contribution is -2.26. The average Bonchev–Trinajstić information content (AvgIpc) is 3.39. The number of para-hydroxylation sites is 1. The Morgan fingerprint density at radius 2 is 1.75 bits per heavy atom. The van der Waals surface area contributed by atoms with Crippen molar-refractivity contribution in [3.63, 3.8) is 0 Å². The summed E-state index contributed by atoms with van der Waals surface area (Å²) in [6.45, 7) is 2.03. The van der Waals surface area contributed by atoms with Gasteiger partial charge in [0, 0.05) is 28.7 Å². The first kappa shape index (κ1) is 26.6. The number of aryl methyl sites for hydroxylation is 2. The second kappa shape index (κ2) is 11.9. The van der Waals surface area contributed by atoms with E-state index in [1.807, 2.05) is 42.5 Å². The third-order valence-corrected chi connectivity index (χ3v) is 8.25. The van der Waals surface area contributed by atoms with Gasteiger partial charge in [-0.3, -0.25) is 0 Å². The van der Waals surface area contributed by atoms with E-state index < -0.39 is 0 Å². The van der Waals surface area contributed by atoms with Crippen LogP contribution in [0, 0.1) is 0 Å². The van der Waals surface area contributed by atoms with Gasteiger partial charge in [0.25, 0.3) is 0 Å². The molecule has 0 radical (unpaired) electrons. The molecule has 2 aromatic heterocycles. The second-order valence-corrected chi connectivity index (χ2v) is 11.2. The Kier molecular flexibility index (Phi) is 7.89. The predicted octanol–water partition coefficient (Wildman–Crippen LogP) is 7.00. The van der Waals surface area contributed by atoms with Gasteiger partial charge in [-0.05, 0) is 73.2 Å². The molecular formula is C32H31BrN4O2S. The summed E-state index contributed by atoms with van der Waals surface area (Å²) in [4.78, 5) is 0.702. The molecule has 0 fully saturated rings. The highest BCUT2D eigenvalue weighted by molar-refractivity contribution is 9.10. The summed E-state index contributed by atoms with van der Waals surface area (Å²) in [5, 5.41) is 8.65. The molecule has 1 N–H and O–H groups in total. The number of methoxy groups -OCH3 is 1. The molecule has 8 heteroatoms. The molecule has 0 bridgehead atoms. The van der Waals surface area contributed by atoms with Gasteiger partial charge < -0.3 is 19.4 Å². The van der Waals surface area contributed by atoms with Gasteiger partial charge in [-0.1, -0.05) is 70.6 Å². The quantitative estimate of drug-likeness (QED) is 0.181. The van der Waals surface area contributed by atoms with Crippen molar-refractivity contribution in [3.8, 4) is 22.6 Å². The highest BCUT2D eigenvalue weighted by Gasteiger charge is 2.29. The van der Waals surface area contributed by atoms with Crippen LogP contribution in [0.2, 0.25) is 0 Å². The van der Waals surface area contributed by atoms with E-state index in [0.717, 1.165) is 77.5 Å². The van der Waals surface area contributed by atoms with Gasteiger partial charge in [-0.2, -0.15) is 0 Å². The molecule has 204 valence electrons. The monoisotopic (exact) mass is 614 g/mol. The van der Waals surface area contributed by atoms with Crippen molar-refractivity contribution in [2.45, 2.75) is 38.8 Å². The van der Waals surface area contributed by atoms with Crippen LogP contribution < -0.4 is 14.8 Å². The standard InChI is InChI=1S/C32H31BrN4O2S/c1-38-25-16-10-22(11-17-25)18-19-34-31(40)30-29(23-12-14-24(33)15-13-23)27-9-5-6-20-36-28(35-37(30)32(27)36)21-39-26-7-3-2-4-8-26/h2-4,7-8,10-17H,5-6,9,18-21H2,1H3,(H,34,40). The number of thiocarbonyl (C=S) groups is 1. The van der Waals surface area contributed by atoms with E-state index in [0.29, 0.717) is 11.6 Å². The van der Waals surface area contributed by atoms with E-state index in [-0.39, 0.29) is 0 Å². The fourth-order valence-electron chi connectivity index (χ4n) is 5.41. The molecule has 3 heterocycles. The van der Waals surface area contributed by atoms with E-state index in [4.69, 9.17) is 26.8 Å². The maximum Gasteiger partial charge on any atom is 0.169 e. The zero-order valence-electron chi connectivity index (χ0n) is 22.4. The van der Waals surface area contributed by atoms with E-state index >= 15 is 0 Å². The van der Waals surface area contributed by atoms with Crippen LogP contribution in [-0.4, -0.2) is 32.8 Å². The molecule has 5 aromatic rings. The largest absolute Gasteiger partial charge is 0.497 e. The van der Waals surface area contributed by atoms with Crippen LogP contribution in [-0.2, 0) is 26.0 Å². The van der Waals surface area contributed by atoms with Crippen LogP contribution >= 0.6 is 28.1 Å². The maximum absolute atomic E-state index is 6.14. The van der Waals surface area contributed by atoms with Gasteiger partial charge in [-0.25, -0.2) is 4.52 Å². The van der Waals surface area contributed by atoms with Gasteiger partial charge in [0.1, 0.15) is 34.4 Å². The summed E-state index contributed by atoms with van der Waals surface area (Å²) in [5.74, 6) is 2.61. The van der Waals surface area contributed by atoms with Gasteiger partial charge >= 0.3 is 0 Å². The number of hydrogen-bond acceptors (Lipinski definition) is 4. The molecule has 6 rings (SSSR count). The molecule has 0 aliphatic carbocycles. The summed E-state index contributed by atoms with van der Waals surface area (Å²) in [5.41, 5.74) is 6.91. The first-order valence-corrected chi connectivity index (χ1v) is 14.8. The topological polar surface area (TPSA) is 52.7 Å². The van der Waals surface area contributed by atoms with E-state index in [1.54, 1.807) is 7.11 Å². The number of halogens is 1. The van der Waals surface area contributed by atoms with Crippen LogP contribution in [0.4, 0.5) is 0 Å². The molecule has 0 saturated carbocycles. The first-order chi connectivity index (χ1) is 19.6. The number of hydrogen-bond donors (Lipinski definition) is 1. The highest BCUT2D eigenvalue weighted by Crippen LogP contribution is 2.37. The van der Waals surface area contributed by atoms with Crippen molar-refractivity contribution in [3.05, 3.63) is 106 Å². The van der Waals surface area contributed by atoms with Crippen molar-refractivity contribution in [2.75, 3.05) is 13.7 Å². The third kappa shape index (κ3) is 5.38. The van der Waals surface area contributed by atoms with Crippen molar-refractivity contribution >= 4 is 38.8 Å². The van der Waals surface area contributed by atoms with Crippen LogP contribution in [0.1, 0.15) is 35.5 Å². The smallest absolute Gasteiger partial charge is 0.169 e. The average molecular weight is 616 g/mol. The van der Waals surface area contributed by atoms with Gasteiger partial charge in [-0.15, -0.1) is 5.10 Å². The molecule has 0 spiro atoms. The summed E-state index contributed by atoms with van der Waals surface area (Å²) >= 11 is 9.68. The molecule has 0 unspecified atom stereocenters. The fourth-order valence-corrected chi connectivity index (χ4v) is 5.96. The van der Waals surface area contributed by atoms with Crippen molar-refractivity contribution in [2.24, 2.45) is 0 Å². The van der Waals surface area contributed by atoms with Gasteiger partial charge in [0.05, 0.1) is 7.11 Å². The SMILES string of the molecule is COc1ccc(CCNC(=S)c2c(-c3ccc(Br)cc3)c3c4n(c(COc5ccccc5)nn24)CCCC3)cc1. The van der Waals surface area contributed by atoms with Crippen molar-refractivity contribution < 1.29 is 9.47 Å². The number of aromatic nitrogens is 3. The number of benzene rings is 3. The van der Waals surface area contributed by atoms with E-state index in [1.165, 1.54) is 16.7 Å². The molecule has 0 saturated heterocycles. The molecule has 6 nitrogen and oxygen atoms in total. The van der Waals surface area contributed by atoms with E-state index in [9.17, 15) is 0 Å². The van der Waals surface area contributed by atoms with Gasteiger partial charge in [0.15, 0.2) is 5.82 Å². The molecule has 0 amide bonds. The Labute approximate surface area is 248 Å². The van der Waals surface area contributed by atoms with Crippen LogP contribution in [0.5, 0.6) is 11.5 Å². The minimum absolute atomic E-state index is 0.399. The van der Waals surface area contributed by atoms with E-state index in [2.05, 4.69) is 66.7 Å². The molecule has 40 heavy (non-hydrogen) atoms. The molecule has 1 aliphatic rings. The predicted molar refractivity (Wildman–Crippen MR) is 166 cm³/mol. The Bertz CT molecular complexity index is 1630. The number of rotatable bonds is 9. The number of nitrogens with one attached hydrogen (secondary N) is 1. The Hall–Kier alpha value is -3.62. The summed E-state index contributed by atoms with van der Waals surface area (Å²) in [7, 11) is 1.68. The minimum atomic E-state index is 0.399. The van der Waals surface area contributed by atoms with Crippen LogP contribution in [0.25, 0.3) is 16.8 Å². The molecule has 1 aliphatic heterocycles. The second-order valence-electron chi connectivity index (χ2n) is 9.93. The minimum Gasteiger partial charge on any atom is -0.497 e. The summed E-state index contributed by atoms with van der Waals surface area (Å²) in [6.07, 6.45) is 4.04. The summed E-state index contributed by atoms with van der Waals surface area (Å²) in [6, 6.07) is 26.6.